The third kappa shape index (κ3) is 6.09. The van der Waals surface area contributed by atoms with Crippen LogP contribution in [0.5, 0.6) is 0 Å². The number of amides is 1. The molecule has 2 atom stereocenters. The molecule has 0 spiro atoms. The molecule has 8 heteroatoms. The number of aliphatic hydroxyl groups is 1. The number of thiazole rings is 1. The molecule has 7 nitrogen and oxygen atoms in total. The Morgan fingerprint density at radius 1 is 1.33 bits per heavy atom. The van der Waals surface area contributed by atoms with E-state index in [1.807, 2.05) is 13.8 Å². The normalized spacial score (nSPS) is 14.3. The quantitative estimate of drug-likeness (QED) is 0.721. The maximum absolute atomic E-state index is 11.9. The molecule has 0 radical (unpaired) electrons. The van der Waals surface area contributed by atoms with Crippen LogP contribution in [0.25, 0.3) is 0 Å². The molecule has 1 heterocycles. The molecule has 0 bridgehead atoms. The van der Waals surface area contributed by atoms with Crippen molar-refractivity contribution in [3.8, 4) is 0 Å². The Hall–Kier alpha value is -1.67. The number of aromatic carboxylic acids is 1. The van der Waals surface area contributed by atoms with E-state index in [0.717, 1.165) is 11.3 Å². The molecule has 1 amide bonds. The molecule has 0 aromatic carbocycles. The maximum Gasteiger partial charge on any atom is 0.407 e. The van der Waals surface area contributed by atoms with Gasteiger partial charge in [-0.1, -0.05) is 13.8 Å². The number of carboxylic acids is 1. The van der Waals surface area contributed by atoms with Crippen LogP contribution in [-0.2, 0) is 4.74 Å². The van der Waals surface area contributed by atoms with E-state index < -0.39 is 23.8 Å². The average molecular weight is 358 g/mol. The van der Waals surface area contributed by atoms with E-state index in [2.05, 4.69) is 10.3 Å². The molecule has 3 N–H and O–H groups in total. The van der Waals surface area contributed by atoms with Crippen LogP contribution in [0.3, 0.4) is 0 Å². The van der Waals surface area contributed by atoms with E-state index in [9.17, 15) is 14.7 Å². The fraction of sp³-hybridized carbons (Fsp3) is 0.688. The van der Waals surface area contributed by atoms with E-state index in [1.54, 1.807) is 27.7 Å². The predicted octanol–water partition coefficient (Wildman–Crippen LogP) is 3.12. The summed E-state index contributed by atoms with van der Waals surface area (Å²) < 4.78 is 5.24. The lowest BCUT2D eigenvalue weighted by atomic mass is 9.98. The van der Waals surface area contributed by atoms with Gasteiger partial charge >= 0.3 is 12.1 Å². The summed E-state index contributed by atoms with van der Waals surface area (Å²) in [7, 11) is 0. The van der Waals surface area contributed by atoms with Crippen molar-refractivity contribution in [1.82, 2.24) is 10.3 Å². The van der Waals surface area contributed by atoms with E-state index in [4.69, 9.17) is 9.84 Å². The number of aliphatic hydroxyl groups excluding tert-OH is 1. The van der Waals surface area contributed by atoms with Crippen LogP contribution in [0.15, 0.2) is 0 Å². The number of hydrogen-bond acceptors (Lipinski definition) is 6. The summed E-state index contributed by atoms with van der Waals surface area (Å²) in [5, 5.41) is 22.5. The molecular weight excluding hydrogens is 332 g/mol. The van der Waals surface area contributed by atoms with E-state index in [-0.39, 0.29) is 24.1 Å². The third-order valence-corrected chi connectivity index (χ3v) is 4.36. The Morgan fingerprint density at radius 3 is 2.33 bits per heavy atom. The minimum atomic E-state index is -1.12. The molecule has 1 rings (SSSR count). The standard InChI is InChI=1S/C16H26N2O5S/c1-8(2)10(17-15(22)23-16(4,5)6)7-11(19)13-18-12(14(20)21)9(3)24-13/h8,10-11,19H,7H2,1-6H3,(H,17,22)(H,20,21)/t10-,11-/m1/s1. The molecule has 0 aliphatic heterocycles. The number of hydrogen-bond donors (Lipinski definition) is 3. The van der Waals surface area contributed by atoms with Gasteiger partial charge in [-0.05, 0) is 33.6 Å². The molecular formula is C16H26N2O5S. The van der Waals surface area contributed by atoms with Crippen molar-refractivity contribution >= 4 is 23.4 Å². The van der Waals surface area contributed by atoms with Crippen molar-refractivity contribution in [3.63, 3.8) is 0 Å². The Bertz CT molecular complexity index is 592. The van der Waals surface area contributed by atoms with Gasteiger partial charge in [-0.25, -0.2) is 14.6 Å². The molecule has 0 saturated heterocycles. The van der Waals surface area contributed by atoms with Crippen LogP contribution in [0.1, 0.15) is 67.5 Å². The largest absolute Gasteiger partial charge is 0.476 e. The van der Waals surface area contributed by atoms with Crippen molar-refractivity contribution < 1.29 is 24.5 Å². The first-order valence-electron chi connectivity index (χ1n) is 7.79. The van der Waals surface area contributed by atoms with Crippen molar-refractivity contribution in [2.24, 2.45) is 5.92 Å². The summed E-state index contributed by atoms with van der Waals surface area (Å²) in [5.74, 6) is -1.05. The van der Waals surface area contributed by atoms with Crippen LogP contribution in [0.4, 0.5) is 4.79 Å². The molecule has 136 valence electrons. The van der Waals surface area contributed by atoms with Gasteiger partial charge in [0.2, 0.25) is 0 Å². The zero-order chi connectivity index (χ0) is 18.7. The highest BCUT2D eigenvalue weighted by molar-refractivity contribution is 7.11. The van der Waals surface area contributed by atoms with Crippen LogP contribution < -0.4 is 5.32 Å². The van der Waals surface area contributed by atoms with E-state index in [0.29, 0.717) is 9.88 Å². The maximum atomic E-state index is 11.9. The van der Waals surface area contributed by atoms with Gasteiger partial charge in [0.1, 0.15) is 16.7 Å². The van der Waals surface area contributed by atoms with Gasteiger partial charge in [0.15, 0.2) is 5.69 Å². The lowest BCUT2D eigenvalue weighted by Crippen LogP contribution is -2.42. The number of carbonyl (C=O) groups is 2. The second kappa shape index (κ2) is 7.94. The smallest absolute Gasteiger partial charge is 0.407 e. The second-order valence-electron chi connectivity index (χ2n) is 7.01. The summed E-state index contributed by atoms with van der Waals surface area (Å²) in [6.07, 6.45) is -1.28. The van der Waals surface area contributed by atoms with Crippen molar-refractivity contribution in [3.05, 3.63) is 15.6 Å². The van der Waals surface area contributed by atoms with Crippen LogP contribution in [0, 0.1) is 12.8 Å². The Labute approximate surface area is 146 Å². The van der Waals surface area contributed by atoms with Gasteiger partial charge in [0.05, 0.1) is 0 Å². The Morgan fingerprint density at radius 2 is 1.92 bits per heavy atom. The zero-order valence-corrected chi connectivity index (χ0v) is 15.7. The average Bonchev–Trinajstić information content (AvgIpc) is 2.77. The van der Waals surface area contributed by atoms with Gasteiger partial charge in [0, 0.05) is 17.3 Å². The number of alkyl carbamates (subject to hydrolysis) is 1. The van der Waals surface area contributed by atoms with Crippen LogP contribution in [0.2, 0.25) is 0 Å². The number of carbonyl (C=O) groups excluding carboxylic acids is 1. The number of rotatable bonds is 6. The lowest BCUT2D eigenvalue weighted by Gasteiger charge is -2.26. The van der Waals surface area contributed by atoms with Crippen LogP contribution >= 0.6 is 11.3 Å². The van der Waals surface area contributed by atoms with Gasteiger partial charge in [-0.3, -0.25) is 0 Å². The first-order valence-corrected chi connectivity index (χ1v) is 8.60. The van der Waals surface area contributed by atoms with Gasteiger partial charge in [-0.15, -0.1) is 11.3 Å². The molecule has 1 aromatic heterocycles. The molecule has 24 heavy (non-hydrogen) atoms. The Balaban J connectivity index is 2.79. The topological polar surface area (TPSA) is 109 Å². The number of ether oxygens (including phenoxy) is 1. The second-order valence-corrected chi connectivity index (χ2v) is 8.25. The van der Waals surface area contributed by atoms with E-state index in [1.165, 1.54) is 0 Å². The number of aryl methyl sites for hydroxylation is 1. The van der Waals surface area contributed by atoms with Gasteiger partial charge in [-0.2, -0.15) is 0 Å². The first kappa shape index (κ1) is 20.4. The number of nitrogens with zero attached hydrogens (tertiary/aromatic N) is 1. The fourth-order valence-electron chi connectivity index (χ4n) is 2.06. The molecule has 0 aliphatic rings. The molecule has 0 unspecified atom stereocenters. The van der Waals surface area contributed by atoms with Crippen molar-refractivity contribution in [1.29, 1.82) is 0 Å². The molecule has 0 aliphatic carbocycles. The minimum absolute atomic E-state index is 0.0461. The van der Waals surface area contributed by atoms with Crippen LogP contribution in [-0.4, -0.2) is 38.9 Å². The monoisotopic (exact) mass is 358 g/mol. The number of nitrogens with one attached hydrogen (secondary N) is 1. The minimum Gasteiger partial charge on any atom is -0.476 e. The highest BCUT2D eigenvalue weighted by Gasteiger charge is 2.26. The van der Waals surface area contributed by atoms with Crippen molar-refractivity contribution in [2.45, 2.75) is 65.7 Å². The number of carboxylic acid groups (broad SMARTS) is 1. The summed E-state index contributed by atoms with van der Waals surface area (Å²) in [4.78, 5) is 27.5. The summed E-state index contributed by atoms with van der Waals surface area (Å²) in [6.45, 7) is 10.8. The molecule has 0 saturated carbocycles. The lowest BCUT2D eigenvalue weighted by molar-refractivity contribution is 0.0461. The predicted molar refractivity (Wildman–Crippen MR) is 91.4 cm³/mol. The van der Waals surface area contributed by atoms with Gasteiger partial charge in [0.25, 0.3) is 0 Å². The molecule has 0 fully saturated rings. The molecule has 1 aromatic rings. The number of aromatic nitrogens is 1. The third-order valence-electron chi connectivity index (χ3n) is 3.28. The van der Waals surface area contributed by atoms with E-state index >= 15 is 0 Å². The summed E-state index contributed by atoms with van der Waals surface area (Å²) in [6, 6.07) is -0.327. The fourth-order valence-corrected chi connectivity index (χ4v) is 2.97. The highest BCUT2D eigenvalue weighted by atomic mass is 32.1. The first-order chi connectivity index (χ1) is 10.9. The highest BCUT2D eigenvalue weighted by Crippen LogP contribution is 2.27. The SMILES string of the molecule is Cc1sc([C@H](O)C[C@@H](NC(=O)OC(C)(C)C)C(C)C)nc1C(=O)O. The zero-order valence-electron chi connectivity index (χ0n) is 14.9. The summed E-state index contributed by atoms with van der Waals surface area (Å²) in [5.41, 5.74) is -0.650. The van der Waals surface area contributed by atoms with Crippen molar-refractivity contribution in [2.75, 3.05) is 0 Å². The summed E-state index contributed by atoms with van der Waals surface area (Å²) >= 11 is 1.15. The van der Waals surface area contributed by atoms with Gasteiger partial charge < -0.3 is 20.3 Å². The Kier molecular flexibility index (Phi) is 6.74.